The van der Waals surface area contributed by atoms with Crippen LogP contribution in [0.3, 0.4) is 0 Å². The van der Waals surface area contributed by atoms with E-state index in [9.17, 15) is 4.79 Å². The molecule has 1 N–H and O–H groups in total. The topological polar surface area (TPSA) is 37.3 Å². The summed E-state index contributed by atoms with van der Waals surface area (Å²) in [4.78, 5) is 10.8. The fourth-order valence-electron chi connectivity index (χ4n) is 0.588. The predicted molar refractivity (Wildman–Crippen MR) is 44.0 cm³/mol. The lowest BCUT2D eigenvalue weighted by molar-refractivity contribution is -0.114. The van der Waals surface area contributed by atoms with Gasteiger partial charge in [-0.2, -0.15) is 0 Å². The number of Topliss-reactive ketones (excluding diaryl/α,β-unsaturated/α-hetero) is 1. The molecule has 0 heterocycles. The first-order chi connectivity index (χ1) is 5.31. The summed E-state index contributed by atoms with van der Waals surface area (Å²) in [5, 5.41) is 8.39. The van der Waals surface area contributed by atoms with Gasteiger partial charge in [-0.1, -0.05) is 12.8 Å². The van der Waals surface area contributed by atoms with E-state index in [-0.39, 0.29) is 12.4 Å². The number of unbranched alkanes of at least 4 members (excludes halogenated alkanes) is 1. The Morgan fingerprint density at radius 3 is 2.82 bits per heavy atom. The van der Waals surface area contributed by atoms with E-state index in [1.165, 1.54) is 0 Å². The molecule has 11 heavy (non-hydrogen) atoms. The number of carbonyl (C=O) groups excluding carboxylic acids is 1. The van der Waals surface area contributed by atoms with Crippen LogP contribution in [0, 0.1) is 11.8 Å². The summed E-state index contributed by atoms with van der Waals surface area (Å²) in [6.45, 7) is 2.09. The standard InChI is InChI=1S/C9H14O2/c1-2-3-4-6-9(11)7-5-8-10/h10H,2-3,5,7-8H2,1H3. The van der Waals surface area contributed by atoms with Crippen molar-refractivity contribution in [1.82, 2.24) is 0 Å². The minimum Gasteiger partial charge on any atom is -0.396 e. The third-order valence-electron chi connectivity index (χ3n) is 1.16. The minimum absolute atomic E-state index is 0.0625. The van der Waals surface area contributed by atoms with Gasteiger partial charge in [-0.25, -0.2) is 0 Å². The van der Waals surface area contributed by atoms with Gasteiger partial charge in [0.1, 0.15) is 0 Å². The number of hydrogen-bond donors (Lipinski definition) is 1. The zero-order valence-corrected chi connectivity index (χ0v) is 6.89. The van der Waals surface area contributed by atoms with Gasteiger partial charge in [-0.15, -0.1) is 0 Å². The van der Waals surface area contributed by atoms with Crippen molar-refractivity contribution in [1.29, 1.82) is 0 Å². The molecule has 0 fully saturated rings. The largest absolute Gasteiger partial charge is 0.396 e. The van der Waals surface area contributed by atoms with Crippen LogP contribution in [0.1, 0.15) is 32.6 Å². The molecule has 0 aliphatic rings. The smallest absolute Gasteiger partial charge is 0.205 e. The normalized spacial score (nSPS) is 8.55. The highest BCUT2D eigenvalue weighted by molar-refractivity contribution is 5.95. The highest BCUT2D eigenvalue weighted by atomic mass is 16.3. The van der Waals surface area contributed by atoms with Gasteiger partial charge in [0.25, 0.3) is 0 Å². The number of ketones is 1. The molecule has 0 rings (SSSR count). The maximum absolute atomic E-state index is 10.8. The highest BCUT2D eigenvalue weighted by Gasteiger charge is 1.93. The molecule has 0 spiro atoms. The zero-order valence-electron chi connectivity index (χ0n) is 6.89. The molecule has 0 aliphatic heterocycles. The van der Waals surface area contributed by atoms with E-state index in [0.717, 1.165) is 12.8 Å². The lowest BCUT2D eigenvalue weighted by Gasteiger charge is -1.87. The van der Waals surface area contributed by atoms with Crippen LogP contribution in [-0.2, 0) is 4.79 Å². The van der Waals surface area contributed by atoms with Crippen LogP contribution in [0.2, 0.25) is 0 Å². The molecule has 0 saturated carbocycles. The number of carbonyl (C=O) groups is 1. The highest BCUT2D eigenvalue weighted by Crippen LogP contribution is 1.88. The van der Waals surface area contributed by atoms with E-state index in [1.54, 1.807) is 0 Å². The molecule has 0 aromatic heterocycles. The quantitative estimate of drug-likeness (QED) is 0.487. The summed E-state index contributed by atoms with van der Waals surface area (Å²) in [5.74, 6) is 5.22. The number of rotatable bonds is 4. The van der Waals surface area contributed by atoms with E-state index in [4.69, 9.17) is 5.11 Å². The fraction of sp³-hybridized carbons (Fsp3) is 0.667. The molecule has 0 bridgehead atoms. The predicted octanol–water partition coefficient (Wildman–Crippen LogP) is 1.13. The minimum atomic E-state index is -0.0625. The van der Waals surface area contributed by atoms with E-state index in [2.05, 4.69) is 11.8 Å². The van der Waals surface area contributed by atoms with Gasteiger partial charge in [0.15, 0.2) is 0 Å². The van der Waals surface area contributed by atoms with Crippen LogP contribution in [-0.4, -0.2) is 17.5 Å². The lowest BCUT2D eigenvalue weighted by atomic mass is 10.2. The summed E-state index contributed by atoms with van der Waals surface area (Å²) in [7, 11) is 0. The van der Waals surface area contributed by atoms with Crippen molar-refractivity contribution in [3.63, 3.8) is 0 Å². The Morgan fingerprint density at radius 1 is 1.55 bits per heavy atom. The molecule has 0 aromatic carbocycles. The van der Waals surface area contributed by atoms with E-state index in [1.807, 2.05) is 6.92 Å². The Kier molecular flexibility index (Phi) is 6.76. The van der Waals surface area contributed by atoms with Crippen LogP contribution in [0.15, 0.2) is 0 Å². The van der Waals surface area contributed by atoms with Crippen molar-refractivity contribution in [2.24, 2.45) is 0 Å². The van der Waals surface area contributed by atoms with E-state index < -0.39 is 0 Å². The molecule has 2 heteroatoms. The Balaban J connectivity index is 3.45. The molecule has 0 saturated heterocycles. The first-order valence-corrected chi connectivity index (χ1v) is 3.93. The van der Waals surface area contributed by atoms with Crippen LogP contribution < -0.4 is 0 Å². The maximum atomic E-state index is 10.8. The van der Waals surface area contributed by atoms with E-state index in [0.29, 0.717) is 12.8 Å². The van der Waals surface area contributed by atoms with Crippen LogP contribution in [0.4, 0.5) is 0 Å². The average Bonchev–Trinajstić information content (AvgIpc) is 2.01. The van der Waals surface area contributed by atoms with Crippen molar-refractivity contribution >= 4 is 5.78 Å². The second kappa shape index (κ2) is 7.30. The maximum Gasteiger partial charge on any atom is 0.205 e. The molecule has 0 radical (unpaired) electrons. The van der Waals surface area contributed by atoms with E-state index >= 15 is 0 Å². The van der Waals surface area contributed by atoms with Crippen molar-refractivity contribution in [2.75, 3.05) is 6.61 Å². The Bertz CT molecular complexity index is 162. The molecular weight excluding hydrogens is 140 g/mol. The monoisotopic (exact) mass is 154 g/mol. The second-order valence-electron chi connectivity index (χ2n) is 2.30. The van der Waals surface area contributed by atoms with Crippen molar-refractivity contribution in [2.45, 2.75) is 32.6 Å². The molecule has 0 amide bonds. The average molecular weight is 154 g/mol. The summed E-state index contributed by atoms with van der Waals surface area (Å²) in [5.41, 5.74) is 0. The summed E-state index contributed by atoms with van der Waals surface area (Å²) >= 11 is 0. The van der Waals surface area contributed by atoms with Gasteiger partial charge in [0.05, 0.1) is 0 Å². The molecule has 0 aromatic rings. The van der Waals surface area contributed by atoms with Crippen molar-refractivity contribution in [3.05, 3.63) is 0 Å². The SMILES string of the molecule is CCCC#CC(=O)CCCO. The van der Waals surface area contributed by atoms with Crippen LogP contribution in [0.5, 0.6) is 0 Å². The third-order valence-corrected chi connectivity index (χ3v) is 1.16. The van der Waals surface area contributed by atoms with Crippen LogP contribution in [0.25, 0.3) is 0 Å². The third kappa shape index (κ3) is 7.08. The lowest BCUT2D eigenvalue weighted by Crippen LogP contribution is -1.94. The molecule has 62 valence electrons. The zero-order chi connectivity index (χ0) is 8.53. The Morgan fingerprint density at radius 2 is 2.27 bits per heavy atom. The fourth-order valence-corrected chi connectivity index (χ4v) is 0.588. The molecular formula is C9H14O2. The van der Waals surface area contributed by atoms with Crippen LogP contribution >= 0.6 is 0 Å². The summed E-state index contributed by atoms with van der Waals surface area (Å²) in [6, 6.07) is 0. The van der Waals surface area contributed by atoms with Gasteiger partial charge < -0.3 is 5.11 Å². The summed E-state index contributed by atoms with van der Waals surface area (Å²) in [6.07, 6.45) is 2.68. The van der Waals surface area contributed by atoms with Gasteiger partial charge in [-0.3, -0.25) is 4.79 Å². The number of aliphatic hydroxyl groups excluding tert-OH is 1. The van der Waals surface area contributed by atoms with Gasteiger partial charge in [0.2, 0.25) is 5.78 Å². The summed E-state index contributed by atoms with van der Waals surface area (Å²) < 4.78 is 0. The second-order valence-corrected chi connectivity index (χ2v) is 2.30. The van der Waals surface area contributed by atoms with Crippen molar-refractivity contribution < 1.29 is 9.90 Å². The first-order valence-electron chi connectivity index (χ1n) is 3.93. The van der Waals surface area contributed by atoms with Crippen molar-refractivity contribution in [3.8, 4) is 11.8 Å². The molecule has 0 unspecified atom stereocenters. The Hall–Kier alpha value is -0.810. The number of hydrogen-bond acceptors (Lipinski definition) is 2. The number of aliphatic hydroxyl groups is 1. The van der Waals surface area contributed by atoms with Gasteiger partial charge in [-0.05, 0) is 18.8 Å². The van der Waals surface area contributed by atoms with Gasteiger partial charge in [0, 0.05) is 19.4 Å². The first kappa shape index (κ1) is 10.2. The van der Waals surface area contributed by atoms with Gasteiger partial charge >= 0.3 is 0 Å². The Labute approximate surface area is 67.6 Å². The molecule has 0 atom stereocenters. The molecule has 0 aliphatic carbocycles. The molecule has 2 nitrogen and oxygen atoms in total.